The van der Waals surface area contributed by atoms with Gasteiger partial charge >= 0.3 is 6.03 Å². The first-order valence-corrected chi connectivity index (χ1v) is 11.0. The highest BCUT2D eigenvalue weighted by Gasteiger charge is 2.37. The highest BCUT2D eigenvalue weighted by Crippen LogP contribution is 2.38. The van der Waals surface area contributed by atoms with Gasteiger partial charge in [0.1, 0.15) is 23.9 Å². The number of benzene rings is 2. The first-order chi connectivity index (χ1) is 15.6. The van der Waals surface area contributed by atoms with Crippen LogP contribution in [0.4, 0.5) is 21.9 Å². The van der Waals surface area contributed by atoms with Crippen molar-refractivity contribution in [2.75, 3.05) is 42.9 Å². The van der Waals surface area contributed by atoms with Gasteiger partial charge in [0.15, 0.2) is 0 Å². The predicted molar refractivity (Wildman–Crippen MR) is 130 cm³/mol. The summed E-state index contributed by atoms with van der Waals surface area (Å²) in [6.07, 6.45) is 0.858. The fraction of sp³-hybridized carbons (Fsp3) is 0.440. The minimum Gasteiger partial charge on any atom is -0.497 e. The molecular formula is C25H33N3O5. The number of hydrogen-bond donors (Lipinski definition) is 2. The third kappa shape index (κ3) is 5.69. The molecule has 0 aliphatic carbocycles. The van der Waals surface area contributed by atoms with Gasteiger partial charge in [-0.3, -0.25) is 4.79 Å². The number of urea groups is 1. The van der Waals surface area contributed by atoms with Crippen molar-refractivity contribution in [2.45, 2.75) is 34.1 Å². The van der Waals surface area contributed by atoms with Crippen molar-refractivity contribution in [1.82, 2.24) is 0 Å². The molecule has 0 fully saturated rings. The number of amides is 3. The molecule has 3 amide bonds. The molecule has 0 aromatic heterocycles. The van der Waals surface area contributed by atoms with Crippen molar-refractivity contribution >= 4 is 29.0 Å². The Kier molecular flexibility index (Phi) is 7.36. The van der Waals surface area contributed by atoms with Gasteiger partial charge in [-0.15, -0.1) is 0 Å². The third-order valence-electron chi connectivity index (χ3n) is 5.51. The largest absolute Gasteiger partial charge is 0.497 e. The van der Waals surface area contributed by atoms with Crippen LogP contribution >= 0.6 is 0 Å². The van der Waals surface area contributed by atoms with Crippen LogP contribution in [0.3, 0.4) is 0 Å². The van der Waals surface area contributed by atoms with Crippen molar-refractivity contribution in [1.29, 1.82) is 0 Å². The SMILES string of the molecule is COc1ccc(NC(=O)Nc2ccc3c(c2)N(CCC(C)C)C(=O)C(C)(C)CO3)c(OC)c1. The quantitative estimate of drug-likeness (QED) is 0.603. The van der Waals surface area contributed by atoms with Crippen molar-refractivity contribution < 1.29 is 23.8 Å². The molecule has 2 aromatic carbocycles. The number of hydrogen-bond acceptors (Lipinski definition) is 5. The van der Waals surface area contributed by atoms with E-state index in [0.717, 1.165) is 6.42 Å². The second kappa shape index (κ2) is 10.0. The number of carbonyl (C=O) groups is 2. The molecule has 33 heavy (non-hydrogen) atoms. The second-order valence-corrected chi connectivity index (χ2v) is 9.14. The minimum atomic E-state index is -0.647. The average molecular weight is 456 g/mol. The van der Waals surface area contributed by atoms with Crippen molar-refractivity contribution in [3.63, 3.8) is 0 Å². The molecule has 3 rings (SSSR count). The van der Waals surface area contributed by atoms with Gasteiger partial charge in [0, 0.05) is 18.3 Å². The first kappa shape index (κ1) is 24.2. The molecule has 2 N–H and O–H groups in total. The topological polar surface area (TPSA) is 89.1 Å². The van der Waals surface area contributed by atoms with Gasteiger partial charge in [-0.1, -0.05) is 13.8 Å². The Bertz CT molecular complexity index is 1020. The van der Waals surface area contributed by atoms with Gasteiger partial charge in [0.05, 0.1) is 31.0 Å². The van der Waals surface area contributed by atoms with Gasteiger partial charge in [0.2, 0.25) is 5.91 Å². The van der Waals surface area contributed by atoms with E-state index in [1.54, 1.807) is 48.4 Å². The minimum absolute atomic E-state index is 0.00599. The van der Waals surface area contributed by atoms with E-state index in [1.807, 2.05) is 13.8 Å². The van der Waals surface area contributed by atoms with Gasteiger partial charge in [-0.05, 0) is 56.5 Å². The van der Waals surface area contributed by atoms with Crippen LogP contribution in [0.1, 0.15) is 34.1 Å². The van der Waals surface area contributed by atoms with Crippen LogP contribution in [0.15, 0.2) is 36.4 Å². The van der Waals surface area contributed by atoms with Gasteiger partial charge in [-0.25, -0.2) is 4.79 Å². The molecule has 0 bridgehead atoms. The molecular weight excluding hydrogens is 422 g/mol. The summed E-state index contributed by atoms with van der Waals surface area (Å²) < 4.78 is 16.5. The van der Waals surface area contributed by atoms with Gasteiger partial charge in [-0.2, -0.15) is 0 Å². The zero-order valence-corrected chi connectivity index (χ0v) is 20.2. The molecule has 0 radical (unpaired) electrons. The van der Waals surface area contributed by atoms with E-state index in [-0.39, 0.29) is 5.91 Å². The fourth-order valence-electron chi connectivity index (χ4n) is 3.52. The standard InChI is InChI=1S/C25H33N3O5/c1-16(2)11-12-28-20-13-17(7-10-21(20)33-15-25(3,4)23(28)29)26-24(30)27-19-9-8-18(31-5)14-22(19)32-6/h7-10,13-14,16H,11-12,15H2,1-6H3,(H2,26,27,30). The van der Waals surface area contributed by atoms with E-state index >= 15 is 0 Å². The van der Waals surface area contributed by atoms with Crippen LogP contribution in [0.2, 0.25) is 0 Å². The zero-order chi connectivity index (χ0) is 24.2. The monoisotopic (exact) mass is 455 g/mol. The smallest absolute Gasteiger partial charge is 0.323 e. The molecule has 0 atom stereocenters. The van der Waals surface area contributed by atoms with Gasteiger partial charge < -0.3 is 29.7 Å². The number of nitrogens with one attached hydrogen (secondary N) is 2. The highest BCUT2D eigenvalue weighted by molar-refractivity contribution is 6.03. The van der Waals surface area contributed by atoms with Crippen LogP contribution in [0, 0.1) is 11.3 Å². The van der Waals surface area contributed by atoms with Crippen LogP contribution in [-0.4, -0.2) is 39.3 Å². The number of fused-ring (bicyclic) bond motifs is 1. The predicted octanol–water partition coefficient (Wildman–Crippen LogP) is 5.15. The maximum absolute atomic E-state index is 13.3. The van der Waals surface area contributed by atoms with Crippen molar-refractivity contribution in [3.05, 3.63) is 36.4 Å². The Morgan fingerprint density at radius 3 is 2.55 bits per heavy atom. The Morgan fingerprint density at radius 2 is 1.88 bits per heavy atom. The number of ether oxygens (including phenoxy) is 3. The molecule has 8 heteroatoms. The number of carbonyl (C=O) groups excluding carboxylic acids is 2. The Balaban J connectivity index is 1.83. The zero-order valence-electron chi connectivity index (χ0n) is 20.2. The molecule has 178 valence electrons. The Hall–Kier alpha value is -3.42. The maximum atomic E-state index is 13.3. The van der Waals surface area contributed by atoms with Crippen molar-refractivity contribution in [2.24, 2.45) is 11.3 Å². The van der Waals surface area contributed by atoms with E-state index in [0.29, 0.717) is 53.4 Å². The Labute approximate surface area is 195 Å². The number of nitrogens with zero attached hydrogens (tertiary/aromatic N) is 1. The molecule has 1 aliphatic rings. The number of methoxy groups -OCH3 is 2. The summed E-state index contributed by atoms with van der Waals surface area (Å²) in [7, 11) is 3.08. The highest BCUT2D eigenvalue weighted by atomic mass is 16.5. The van der Waals surface area contributed by atoms with E-state index < -0.39 is 11.4 Å². The normalized spacial score (nSPS) is 14.8. The lowest BCUT2D eigenvalue weighted by molar-refractivity contribution is -0.127. The first-order valence-electron chi connectivity index (χ1n) is 11.0. The lowest BCUT2D eigenvalue weighted by Crippen LogP contribution is -2.42. The van der Waals surface area contributed by atoms with E-state index in [4.69, 9.17) is 14.2 Å². The summed E-state index contributed by atoms with van der Waals surface area (Å²) in [5.41, 5.74) is 1.06. The van der Waals surface area contributed by atoms with E-state index in [9.17, 15) is 9.59 Å². The second-order valence-electron chi connectivity index (χ2n) is 9.14. The molecule has 2 aromatic rings. The lowest BCUT2D eigenvalue weighted by atomic mass is 9.92. The number of anilines is 3. The van der Waals surface area contributed by atoms with Crippen molar-refractivity contribution in [3.8, 4) is 17.2 Å². The maximum Gasteiger partial charge on any atom is 0.323 e. The van der Waals surface area contributed by atoms with Crippen LogP contribution in [0.5, 0.6) is 17.2 Å². The molecule has 8 nitrogen and oxygen atoms in total. The summed E-state index contributed by atoms with van der Waals surface area (Å²) in [6, 6.07) is 10.0. The summed E-state index contributed by atoms with van der Waals surface area (Å²) in [4.78, 5) is 27.7. The Morgan fingerprint density at radius 1 is 1.12 bits per heavy atom. The summed E-state index contributed by atoms with van der Waals surface area (Å²) >= 11 is 0. The third-order valence-corrected chi connectivity index (χ3v) is 5.51. The molecule has 1 heterocycles. The van der Waals surface area contributed by atoms with Gasteiger partial charge in [0.25, 0.3) is 0 Å². The van der Waals surface area contributed by atoms with E-state index in [1.165, 1.54) is 7.11 Å². The lowest BCUT2D eigenvalue weighted by Gasteiger charge is -2.28. The number of rotatable bonds is 7. The molecule has 0 saturated heterocycles. The molecule has 0 unspecified atom stereocenters. The molecule has 0 saturated carbocycles. The fourth-order valence-corrected chi connectivity index (χ4v) is 3.52. The van der Waals surface area contributed by atoms with E-state index in [2.05, 4.69) is 24.5 Å². The summed E-state index contributed by atoms with van der Waals surface area (Å²) in [5, 5.41) is 5.62. The summed E-state index contributed by atoms with van der Waals surface area (Å²) in [6.45, 7) is 8.90. The van der Waals surface area contributed by atoms with Crippen LogP contribution in [-0.2, 0) is 4.79 Å². The van der Waals surface area contributed by atoms with Crippen LogP contribution in [0.25, 0.3) is 0 Å². The molecule has 0 spiro atoms. The van der Waals surface area contributed by atoms with Crippen LogP contribution < -0.4 is 29.7 Å². The average Bonchev–Trinajstić information content (AvgIpc) is 2.86. The summed E-state index contributed by atoms with van der Waals surface area (Å²) in [5.74, 6) is 2.18. The molecule has 1 aliphatic heterocycles.